The van der Waals surface area contributed by atoms with Crippen LogP contribution < -0.4 is 0 Å². The number of carboxylic acid groups (broad SMARTS) is 1. The second-order valence-corrected chi connectivity index (χ2v) is 5.91. The van der Waals surface area contributed by atoms with Crippen LogP contribution in [-0.4, -0.2) is 73.4 Å². The molecule has 7 heteroatoms. The second-order valence-electron chi connectivity index (χ2n) is 5.91. The van der Waals surface area contributed by atoms with Crippen molar-refractivity contribution in [3.05, 3.63) is 41.5 Å². The van der Waals surface area contributed by atoms with E-state index in [-0.39, 0.29) is 12.6 Å². The fourth-order valence-corrected chi connectivity index (χ4v) is 2.67. The van der Waals surface area contributed by atoms with E-state index in [0.29, 0.717) is 31.8 Å². The molecule has 1 aliphatic heterocycles. The Kier molecular flexibility index (Phi) is 6.84. The maximum Gasteiger partial charge on any atom is 0.317 e. The van der Waals surface area contributed by atoms with E-state index >= 15 is 0 Å². The van der Waals surface area contributed by atoms with E-state index in [2.05, 4.69) is 4.90 Å². The number of carboxylic acids is 1. The van der Waals surface area contributed by atoms with Crippen molar-refractivity contribution >= 4 is 12.0 Å². The van der Waals surface area contributed by atoms with Crippen molar-refractivity contribution in [1.29, 1.82) is 0 Å². The molecule has 0 aliphatic carbocycles. The Balaban J connectivity index is 1.82. The molecule has 0 amide bonds. The third-order valence-corrected chi connectivity index (χ3v) is 3.77. The predicted molar refractivity (Wildman–Crippen MR) is 86.7 cm³/mol. The minimum absolute atomic E-state index is 0.0242. The third kappa shape index (κ3) is 5.99. The Labute approximate surface area is 140 Å². The zero-order chi connectivity index (χ0) is 17.5. The second kappa shape index (κ2) is 8.86. The number of hydrogen-bond donors (Lipinski definition) is 1. The molecule has 0 radical (unpaired) electrons. The van der Waals surface area contributed by atoms with Gasteiger partial charge in [-0.25, -0.2) is 8.78 Å². The van der Waals surface area contributed by atoms with Crippen molar-refractivity contribution in [1.82, 2.24) is 9.80 Å². The summed E-state index contributed by atoms with van der Waals surface area (Å²) in [6, 6.07) is 3.50. The highest BCUT2D eigenvalue weighted by atomic mass is 19.1. The van der Waals surface area contributed by atoms with E-state index in [1.807, 2.05) is 6.08 Å². The molecule has 1 aromatic rings. The Morgan fingerprint density at radius 1 is 1.50 bits per heavy atom. The van der Waals surface area contributed by atoms with Crippen molar-refractivity contribution in [2.75, 3.05) is 46.4 Å². The molecule has 1 heterocycles. The highest BCUT2D eigenvalue weighted by Gasteiger charge is 2.21. The first-order valence-corrected chi connectivity index (χ1v) is 7.80. The van der Waals surface area contributed by atoms with Gasteiger partial charge >= 0.3 is 5.97 Å². The smallest absolute Gasteiger partial charge is 0.317 e. The number of halogens is 2. The molecule has 0 saturated carbocycles. The maximum atomic E-state index is 13.5. The van der Waals surface area contributed by atoms with E-state index in [9.17, 15) is 13.6 Å². The quantitative estimate of drug-likeness (QED) is 0.819. The number of benzene rings is 1. The number of rotatable bonds is 7. The monoisotopic (exact) mass is 340 g/mol. The van der Waals surface area contributed by atoms with Gasteiger partial charge in [0.1, 0.15) is 11.6 Å². The van der Waals surface area contributed by atoms with Crippen LogP contribution in [0.25, 0.3) is 6.08 Å². The summed E-state index contributed by atoms with van der Waals surface area (Å²) in [7, 11) is 1.74. The number of nitrogens with zero attached hydrogens (tertiary/aromatic N) is 2. The molecule has 0 spiro atoms. The summed E-state index contributed by atoms with van der Waals surface area (Å²) in [5.41, 5.74) is 0.349. The van der Waals surface area contributed by atoms with Crippen molar-refractivity contribution < 1.29 is 23.4 Å². The van der Waals surface area contributed by atoms with E-state index in [4.69, 9.17) is 9.84 Å². The molecule has 1 aromatic carbocycles. The Hall–Kier alpha value is -1.83. The van der Waals surface area contributed by atoms with Crippen LogP contribution in [-0.2, 0) is 9.53 Å². The van der Waals surface area contributed by atoms with Gasteiger partial charge < -0.3 is 9.84 Å². The first-order valence-electron chi connectivity index (χ1n) is 7.80. The van der Waals surface area contributed by atoms with Crippen LogP contribution in [0.4, 0.5) is 8.78 Å². The van der Waals surface area contributed by atoms with Gasteiger partial charge in [-0.05, 0) is 19.2 Å². The molecule has 1 unspecified atom stereocenters. The Bertz CT molecular complexity index is 595. The number of carbonyl (C=O) groups is 1. The summed E-state index contributed by atoms with van der Waals surface area (Å²) in [6.07, 6.45) is 3.41. The molecule has 1 saturated heterocycles. The summed E-state index contributed by atoms with van der Waals surface area (Å²) in [4.78, 5) is 14.5. The zero-order valence-electron chi connectivity index (χ0n) is 13.6. The zero-order valence-corrected chi connectivity index (χ0v) is 13.6. The number of morpholine rings is 1. The minimum atomic E-state index is -0.866. The van der Waals surface area contributed by atoms with Crippen LogP contribution in [0.3, 0.4) is 0 Å². The molecule has 1 fully saturated rings. The van der Waals surface area contributed by atoms with Gasteiger partial charge in [-0.1, -0.05) is 12.2 Å². The maximum absolute atomic E-state index is 13.5. The van der Waals surface area contributed by atoms with E-state index in [0.717, 1.165) is 12.6 Å². The predicted octanol–water partition coefficient (Wildman–Crippen LogP) is 1.70. The lowest BCUT2D eigenvalue weighted by Crippen LogP contribution is -2.47. The fraction of sp³-hybridized carbons (Fsp3) is 0.471. The molecule has 0 aromatic heterocycles. The Morgan fingerprint density at radius 3 is 3.00 bits per heavy atom. The first kappa shape index (κ1) is 18.5. The molecule has 1 N–H and O–H groups in total. The molecule has 0 bridgehead atoms. The van der Waals surface area contributed by atoms with Gasteiger partial charge in [0.05, 0.1) is 19.3 Å². The number of ether oxygens (including phenoxy) is 1. The molecular formula is C17H22F2N2O3. The summed E-state index contributed by atoms with van der Waals surface area (Å²) in [6.45, 7) is 3.15. The van der Waals surface area contributed by atoms with E-state index in [1.165, 1.54) is 12.1 Å². The Morgan fingerprint density at radius 2 is 2.29 bits per heavy atom. The van der Waals surface area contributed by atoms with Crippen molar-refractivity contribution in [3.63, 3.8) is 0 Å². The van der Waals surface area contributed by atoms with Crippen LogP contribution in [0.2, 0.25) is 0 Å². The SMILES string of the molecule is CN(CC(=O)O)CC1CN(C/C=C/c2ccc(F)cc2F)CCO1. The van der Waals surface area contributed by atoms with Gasteiger partial charge in [0.2, 0.25) is 0 Å². The van der Waals surface area contributed by atoms with Gasteiger partial charge in [0.25, 0.3) is 0 Å². The van der Waals surface area contributed by atoms with Crippen LogP contribution in [0, 0.1) is 11.6 Å². The van der Waals surface area contributed by atoms with Gasteiger partial charge in [0, 0.05) is 37.8 Å². The van der Waals surface area contributed by atoms with Crippen molar-refractivity contribution in [2.24, 2.45) is 0 Å². The van der Waals surface area contributed by atoms with Crippen LogP contribution in [0.15, 0.2) is 24.3 Å². The molecule has 24 heavy (non-hydrogen) atoms. The lowest BCUT2D eigenvalue weighted by molar-refractivity contribution is -0.138. The van der Waals surface area contributed by atoms with Gasteiger partial charge in [-0.3, -0.25) is 14.6 Å². The van der Waals surface area contributed by atoms with Crippen LogP contribution >= 0.6 is 0 Å². The number of aliphatic carboxylic acids is 1. The van der Waals surface area contributed by atoms with Crippen LogP contribution in [0.1, 0.15) is 5.56 Å². The molecular weight excluding hydrogens is 318 g/mol. The average molecular weight is 340 g/mol. The van der Waals surface area contributed by atoms with E-state index < -0.39 is 17.6 Å². The molecule has 2 rings (SSSR count). The minimum Gasteiger partial charge on any atom is -0.480 e. The molecule has 1 atom stereocenters. The number of likely N-dealkylation sites (N-methyl/N-ethyl adjacent to an activating group) is 1. The summed E-state index contributed by atoms with van der Waals surface area (Å²) < 4.78 is 32.1. The first-order chi connectivity index (χ1) is 11.4. The normalized spacial score (nSPS) is 19.2. The standard InChI is InChI=1S/C17H22F2N2O3/c1-20(12-17(22)23)10-15-11-21(7-8-24-15)6-2-3-13-4-5-14(18)9-16(13)19/h2-5,9,15H,6-8,10-12H2,1H3,(H,22,23)/b3-2+. The van der Waals surface area contributed by atoms with Crippen molar-refractivity contribution in [3.8, 4) is 0 Å². The highest BCUT2D eigenvalue weighted by Crippen LogP contribution is 2.12. The third-order valence-electron chi connectivity index (χ3n) is 3.77. The van der Waals surface area contributed by atoms with Crippen LogP contribution in [0.5, 0.6) is 0 Å². The molecule has 1 aliphatic rings. The van der Waals surface area contributed by atoms with Gasteiger partial charge in [0.15, 0.2) is 0 Å². The summed E-state index contributed by atoms with van der Waals surface area (Å²) in [5.74, 6) is -2.04. The van der Waals surface area contributed by atoms with Gasteiger partial charge in [-0.15, -0.1) is 0 Å². The highest BCUT2D eigenvalue weighted by molar-refractivity contribution is 5.69. The lowest BCUT2D eigenvalue weighted by Gasteiger charge is -2.34. The van der Waals surface area contributed by atoms with Crippen molar-refractivity contribution in [2.45, 2.75) is 6.10 Å². The topological polar surface area (TPSA) is 53.0 Å². The molecule has 132 valence electrons. The van der Waals surface area contributed by atoms with E-state index in [1.54, 1.807) is 18.0 Å². The molecule has 5 nitrogen and oxygen atoms in total. The summed E-state index contributed by atoms with van der Waals surface area (Å²) >= 11 is 0. The largest absolute Gasteiger partial charge is 0.480 e. The average Bonchev–Trinajstić information content (AvgIpc) is 2.49. The van der Waals surface area contributed by atoms with Gasteiger partial charge in [-0.2, -0.15) is 0 Å². The summed E-state index contributed by atoms with van der Waals surface area (Å²) in [5, 5.41) is 8.77. The lowest BCUT2D eigenvalue weighted by atomic mass is 10.2. The number of hydrogen-bond acceptors (Lipinski definition) is 4. The fourth-order valence-electron chi connectivity index (χ4n) is 2.67.